The van der Waals surface area contributed by atoms with Crippen molar-refractivity contribution >= 4 is 38.3 Å². The van der Waals surface area contributed by atoms with Gasteiger partial charge in [0.1, 0.15) is 0 Å². The highest BCUT2D eigenvalue weighted by Crippen LogP contribution is 2.28. The van der Waals surface area contributed by atoms with Crippen molar-refractivity contribution in [3.63, 3.8) is 0 Å². The first-order valence-corrected chi connectivity index (χ1v) is 12.3. The van der Waals surface area contributed by atoms with Gasteiger partial charge in [-0.2, -0.15) is 0 Å². The zero-order valence-electron chi connectivity index (χ0n) is 18.0. The molecule has 2 aromatic heterocycles. The first-order chi connectivity index (χ1) is 15.9. The molecule has 33 heavy (non-hydrogen) atoms. The van der Waals surface area contributed by atoms with Gasteiger partial charge < -0.3 is 5.32 Å². The Morgan fingerprint density at radius 2 is 1.82 bits per heavy atom. The van der Waals surface area contributed by atoms with Gasteiger partial charge in [-0.15, -0.1) is 0 Å². The summed E-state index contributed by atoms with van der Waals surface area (Å²) in [6, 6.07) is 20.0. The number of pyridine rings is 2. The van der Waals surface area contributed by atoms with Crippen LogP contribution in [0.4, 0.5) is 11.4 Å². The van der Waals surface area contributed by atoms with E-state index in [1.165, 1.54) is 4.31 Å². The van der Waals surface area contributed by atoms with Crippen LogP contribution in [0, 0.1) is 6.92 Å². The molecule has 0 atom stereocenters. The van der Waals surface area contributed by atoms with E-state index in [1.807, 2.05) is 49.4 Å². The predicted octanol–water partition coefficient (Wildman–Crippen LogP) is 4.40. The van der Waals surface area contributed by atoms with Crippen LogP contribution in [-0.4, -0.2) is 36.6 Å². The maximum atomic E-state index is 12.8. The summed E-state index contributed by atoms with van der Waals surface area (Å²) < 4.78 is 25.6. The molecule has 8 heteroatoms. The van der Waals surface area contributed by atoms with Crippen LogP contribution in [0.5, 0.6) is 0 Å². The first-order valence-electron chi connectivity index (χ1n) is 10.7. The molecule has 0 spiro atoms. The minimum absolute atomic E-state index is 0.160. The summed E-state index contributed by atoms with van der Waals surface area (Å²) in [5.74, 6) is -0.107. The average Bonchev–Trinajstić information content (AvgIpc) is 3.19. The van der Waals surface area contributed by atoms with E-state index in [4.69, 9.17) is 4.98 Å². The first kappa shape index (κ1) is 21.1. The Kier molecular flexibility index (Phi) is 5.30. The predicted molar refractivity (Wildman–Crippen MR) is 130 cm³/mol. The molecule has 1 aliphatic rings. The highest BCUT2D eigenvalue weighted by atomic mass is 32.2. The fourth-order valence-corrected chi connectivity index (χ4v) is 5.56. The smallest absolute Gasteiger partial charge is 0.255 e. The van der Waals surface area contributed by atoms with Crippen LogP contribution < -0.4 is 9.62 Å². The van der Waals surface area contributed by atoms with Crippen molar-refractivity contribution in [2.24, 2.45) is 0 Å². The molecule has 2 aromatic carbocycles. The zero-order valence-corrected chi connectivity index (χ0v) is 18.8. The number of carbonyl (C=O) groups is 1. The number of hydrogen-bond acceptors (Lipinski definition) is 5. The van der Waals surface area contributed by atoms with Crippen LogP contribution in [0.25, 0.3) is 22.3 Å². The minimum atomic E-state index is -3.25. The monoisotopic (exact) mass is 458 g/mol. The molecular formula is C25H22N4O3S. The molecule has 1 fully saturated rings. The third-order valence-corrected chi connectivity index (χ3v) is 7.61. The number of nitrogens with zero attached hydrogens (tertiary/aromatic N) is 3. The third kappa shape index (κ3) is 4.17. The second-order valence-electron chi connectivity index (χ2n) is 8.01. The third-order valence-electron chi connectivity index (χ3n) is 5.74. The van der Waals surface area contributed by atoms with E-state index < -0.39 is 10.0 Å². The van der Waals surface area contributed by atoms with Crippen molar-refractivity contribution < 1.29 is 13.2 Å². The number of hydrogen-bond donors (Lipinski definition) is 1. The second-order valence-corrected chi connectivity index (χ2v) is 10.0. The molecule has 0 unspecified atom stereocenters. The molecule has 4 aromatic rings. The Morgan fingerprint density at radius 1 is 1.00 bits per heavy atom. The summed E-state index contributed by atoms with van der Waals surface area (Å²) in [6.45, 7) is 2.47. The lowest BCUT2D eigenvalue weighted by molar-refractivity contribution is 0.102. The molecule has 0 aliphatic carbocycles. The zero-order chi connectivity index (χ0) is 23.0. The number of nitrogens with one attached hydrogen (secondary N) is 1. The van der Waals surface area contributed by atoms with E-state index in [2.05, 4.69) is 10.3 Å². The van der Waals surface area contributed by atoms with Crippen LogP contribution in [0.2, 0.25) is 0 Å². The van der Waals surface area contributed by atoms with Crippen LogP contribution in [0.3, 0.4) is 0 Å². The van der Waals surface area contributed by atoms with E-state index in [9.17, 15) is 13.2 Å². The van der Waals surface area contributed by atoms with E-state index in [1.54, 1.807) is 30.5 Å². The van der Waals surface area contributed by atoms with Crippen molar-refractivity contribution in [1.29, 1.82) is 0 Å². The maximum Gasteiger partial charge on any atom is 0.255 e. The number of benzene rings is 2. The number of anilines is 2. The summed E-state index contributed by atoms with van der Waals surface area (Å²) in [5, 5.41) is 2.93. The maximum absolute atomic E-state index is 12.8. The Morgan fingerprint density at radius 3 is 2.58 bits per heavy atom. The fourth-order valence-electron chi connectivity index (χ4n) is 3.99. The second kappa shape index (κ2) is 8.29. The van der Waals surface area contributed by atoms with Gasteiger partial charge in [0.15, 0.2) is 0 Å². The summed E-state index contributed by atoms with van der Waals surface area (Å²) in [5.41, 5.74) is 6.09. The summed E-state index contributed by atoms with van der Waals surface area (Å²) in [7, 11) is -3.25. The molecule has 166 valence electrons. The Bertz CT molecular complexity index is 1470. The topological polar surface area (TPSA) is 92.3 Å². The molecule has 1 saturated heterocycles. The molecule has 1 aliphatic heterocycles. The lowest BCUT2D eigenvalue weighted by atomic mass is 10.0. The van der Waals surface area contributed by atoms with Crippen LogP contribution in [0.15, 0.2) is 72.9 Å². The molecule has 1 N–H and O–H groups in total. The summed E-state index contributed by atoms with van der Waals surface area (Å²) in [6.07, 6.45) is 2.35. The molecule has 7 nitrogen and oxygen atoms in total. The number of aromatic nitrogens is 2. The molecular weight excluding hydrogens is 436 g/mol. The van der Waals surface area contributed by atoms with Gasteiger partial charge in [0.05, 0.1) is 28.2 Å². The van der Waals surface area contributed by atoms with E-state index in [0.717, 1.165) is 27.9 Å². The van der Waals surface area contributed by atoms with Crippen molar-refractivity contribution in [3.05, 3.63) is 84.1 Å². The fraction of sp³-hybridized carbons (Fsp3) is 0.160. The molecule has 1 amide bonds. The van der Waals surface area contributed by atoms with Gasteiger partial charge in [0.25, 0.3) is 5.91 Å². The molecule has 0 bridgehead atoms. The quantitative estimate of drug-likeness (QED) is 0.489. The van der Waals surface area contributed by atoms with Gasteiger partial charge in [-0.1, -0.05) is 6.07 Å². The van der Waals surface area contributed by atoms with Crippen LogP contribution >= 0.6 is 0 Å². The van der Waals surface area contributed by atoms with Gasteiger partial charge in [-0.25, -0.2) is 13.4 Å². The molecule has 0 saturated carbocycles. The van der Waals surface area contributed by atoms with Gasteiger partial charge in [0, 0.05) is 29.6 Å². The highest BCUT2D eigenvalue weighted by molar-refractivity contribution is 7.93. The largest absolute Gasteiger partial charge is 0.322 e. The number of aryl methyl sites for hydroxylation is 1. The number of sulfonamides is 1. The standard InChI is InChI=1S/C25H22N4O3S/c1-17-5-8-19(16-21(17)22-11-12-23-24(28-22)4-2-13-26-23)27-25(30)18-6-9-20(10-7-18)29-14-3-15-33(29,31)32/h2,4-13,16H,3,14-15H2,1H3,(H,27,30). The van der Waals surface area contributed by atoms with Gasteiger partial charge >= 0.3 is 0 Å². The highest BCUT2D eigenvalue weighted by Gasteiger charge is 2.28. The summed E-state index contributed by atoms with van der Waals surface area (Å²) in [4.78, 5) is 21.8. The van der Waals surface area contributed by atoms with Crippen molar-refractivity contribution in [1.82, 2.24) is 9.97 Å². The minimum Gasteiger partial charge on any atom is -0.322 e. The Balaban J connectivity index is 1.37. The normalized spacial score (nSPS) is 15.0. The Labute approximate surface area is 192 Å². The lowest BCUT2D eigenvalue weighted by Gasteiger charge is -2.17. The van der Waals surface area contributed by atoms with Crippen LogP contribution in [0.1, 0.15) is 22.3 Å². The summed E-state index contributed by atoms with van der Waals surface area (Å²) >= 11 is 0. The molecule has 0 radical (unpaired) electrons. The van der Waals surface area contributed by atoms with Gasteiger partial charge in [-0.05, 0) is 79.6 Å². The van der Waals surface area contributed by atoms with Crippen LogP contribution in [-0.2, 0) is 10.0 Å². The SMILES string of the molecule is Cc1ccc(NC(=O)c2ccc(N3CCCS3(=O)=O)cc2)cc1-c1ccc2ncccc2n1. The van der Waals surface area contributed by atoms with E-state index >= 15 is 0 Å². The van der Waals surface area contributed by atoms with Crippen molar-refractivity contribution in [3.8, 4) is 11.3 Å². The van der Waals surface area contributed by atoms with E-state index in [-0.39, 0.29) is 11.7 Å². The average molecular weight is 459 g/mol. The van der Waals surface area contributed by atoms with E-state index in [0.29, 0.717) is 29.9 Å². The molecule has 3 heterocycles. The van der Waals surface area contributed by atoms with Gasteiger partial charge in [-0.3, -0.25) is 14.1 Å². The number of carbonyl (C=O) groups excluding carboxylic acids is 1. The molecule has 5 rings (SSSR count). The lowest BCUT2D eigenvalue weighted by Crippen LogP contribution is -2.25. The van der Waals surface area contributed by atoms with Crippen molar-refractivity contribution in [2.75, 3.05) is 21.9 Å². The number of rotatable bonds is 4. The number of amides is 1. The van der Waals surface area contributed by atoms with Crippen molar-refractivity contribution in [2.45, 2.75) is 13.3 Å². The van der Waals surface area contributed by atoms with Gasteiger partial charge in [0.2, 0.25) is 10.0 Å². The number of fused-ring (bicyclic) bond motifs is 1. The Hall–Kier alpha value is -3.78.